The van der Waals surface area contributed by atoms with Gasteiger partial charge < -0.3 is 25.3 Å². The van der Waals surface area contributed by atoms with E-state index in [1.165, 1.54) is 6.33 Å². The van der Waals surface area contributed by atoms with Gasteiger partial charge in [-0.25, -0.2) is 4.57 Å². The number of fused-ring (bicyclic) bond motifs is 2. The average Bonchev–Trinajstić information content (AvgIpc) is 3.25. The smallest absolute Gasteiger partial charge is 0.431 e. The summed E-state index contributed by atoms with van der Waals surface area (Å²) in [6.45, 7) is 1.69. The molecule has 1 aromatic carbocycles. The van der Waals surface area contributed by atoms with E-state index >= 15 is 0 Å². The minimum atomic E-state index is -4.52. The van der Waals surface area contributed by atoms with Crippen LogP contribution in [0.3, 0.4) is 0 Å². The average molecular weight is 449 g/mol. The number of hydrogen-bond donors (Lipinski definition) is 3. The number of hydrogen-bond acceptors (Lipinski definition) is 5. The summed E-state index contributed by atoms with van der Waals surface area (Å²) in [5.41, 5.74) is 6.97. The van der Waals surface area contributed by atoms with Crippen molar-refractivity contribution in [1.82, 2.24) is 9.97 Å². The lowest BCUT2D eigenvalue weighted by molar-refractivity contribution is -0.582. The standard InChI is InChI=1S/C22H23F3N4O3/c23-22(24,25)18-9-15-20(26)29(11-27-21(15)28-18)16-2-1-3-17-14(16)8-13(10-32-17)19(30)12-4-6-31-7-5-12/h1-3,9,11-13,19,30H,4-8,10H2,(H2,26,28)/p+1/t13-,19?/m1/s1. The Morgan fingerprint density at radius 3 is 2.75 bits per heavy atom. The zero-order chi connectivity index (χ0) is 22.5. The van der Waals surface area contributed by atoms with Gasteiger partial charge in [-0.3, -0.25) is 0 Å². The molecule has 32 heavy (non-hydrogen) atoms. The number of nitrogen functional groups attached to an aromatic ring is 1. The predicted molar refractivity (Wildman–Crippen MR) is 109 cm³/mol. The first-order valence-electron chi connectivity index (χ1n) is 10.6. The number of halogens is 3. The lowest BCUT2D eigenvalue weighted by atomic mass is 9.81. The molecule has 0 spiro atoms. The van der Waals surface area contributed by atoms with Gasteiger partial charge in [-0.2, -0.15) is 13.2 Å². The van der Waals surface area contributed by atoms with E-state index in [9.17, 15) is 18.3 Å². The summed E-state index contributed by atoms with van der Waals surface area (Å²) >= 11 is 0. The maximum absolute atomic E-state index is 13.1. The molecule has 0 saturated carbocycles. The molecule has 1 fully saturated rings. The van der Waals surface area contributed by atoms with Crippen molar-refractivity contribution in [2.24, 2.45) is 11.8 Å². The Labute approximate surface area is 182 Å². The van der Waals surface area contributed by atoms with Crippen LogP contribution in [0.4, 0.5) is 19.0 Å². The topological polar surface area (TPSA) is 97.3 Å². The van der Waals surface area contributed by atoms with Crippen molar-refractivity contribution in [3.05, 3.63) is 41.9 Å². The third-order valence-corrected chi connectivity index (χ3v) is 6.46. The predicted octanol–water partition coefficient (Wildman–Crippen LogP) is 2.78. The molecule has 0 aliphatic carbocycles. The SMILES string of the molecule is Nc1c2cc(C(F)(F)F)[nH]c2nc[n+]1-c1cccc2c1C[C@@H](C(O)C1CCOCC1)CO2. The second-order valence-corrected chi connectivity index (χ2v) is 8.41. The van der Waals surface area contributed by atoms with Gasteiger partial charge >= 0.3 is 6.18 Å². The van der Waals surface area contributed by atoms with Crippen molar-refractivity contribution < 1.29 is 32.3 Å². The largest absolute Gasteiger partial charge is 0.493 e. The number of aliphatic hydroxyl groups is 1. The molecule has 1 unspecified atom stereocenters. The molecule has 0 amide bonds. The highest BCUT2D eigenvalue weighted by Crippen LogP contribution is 2.36. The van der Waals surface area contributed by atoms with Crippen LogP contribution in [-0.4, -0.2) is 41.0 Å². The second-order valence-electron chi connectivity index (χ2n) is 8.41. The molecule has 170 valence electrons. The minimum absolute atomic E-state index is 0.0694. The summed E-state index contributed by atoms with van der Waals surface area (Å²) in [6.07, 6.45) is -1.46. The van der Waals surface area contributed by atoms with Gasteiger partial charge in [0.1, 0.15) is 22.5 Å². The van der Waals surface area contributed by atoms with Crippen LogP contribution < -0.4 is 15.0 Å². The van der Waals surface area contributed by atoms with Crippen molar-refractivity contribution in [2.45, 2.75) is 31.5 Å². The zero-order valence-corrected chi connectivity index (χ0v) is 17.2. The number of H-pyrrole nitrogens is 1. The molecule has 10 heteroatoms. The molecular formula is C22H24F3N4O3+. The van der Waals surface area contributed by atoms with Gasteiger partial charge in [0, 0.05) is 24.7 Å². The van der Waals surface area contributed by atoms with Crippen LogP contribution >= 0.6 is 0 Å². The van der Waals surface area contributed by atoms with Gasteiger partial charge in [0.15, 0.2) is 0 Å². The summed E-state index contributed by atoms with van der Waals surface area (Å²) in [5, 5.41) is 11.2. The van der Waals surface area contributed by atoms with Crippen LogP contribution in [0.2, 0.25) is 0 Å². The maximum atomic E-state index is 13.1. The van der Waals surface area contributed by atoms with Gasteiger partial charge in [-0.1, -0.05) is 11.1 Å². The van der Waals surface area contributed by atoms with Gasteiger partial charge in [0.25, 0.3) is 0 Å². The molecule has 2 atom stereocenters. The second kappa shape index (κ2) is 7.93. The van der Waals surface area contributed by atoms with Crippen LogP contribution in [-0.2, 0) is 17.3 Å². The molecule has 2 aliphatic rings. The number of aliphatic hydroxyl groups excluding tert-OH is 1. The van der Waals surface area contributed by atoms with Crippen molar-refractivity contribution in [3.63, 3.8) is 0 Å². The lowest BCUT2D eigenvalue weighted by Crippen LogP contribution is -2.41. The monoisotopic (exact) mass is 449 g/mol. The Morgan fingerprint density at radius 2 is 2.00 bits per heavy atom. The first-order chi connectivity index (χ1) is 15.3. The van der Waals surface area contributed by atoms with E-state index in [1.807, 2.05) is 12.1 Å². The maximum Gasteiger partial charge on any atom is 0.431 e. The number of alkyl halides is 3. The van der Waals surface area contributed by atoms with Crippen molar-refractivity contribution in [1.29, 1.82) is 0 Å². The Hall–Kier alpha value is -2.85. The highest BCUT2D eigenvalue weighted by atomic mass is 19.4. The van der Waals surface area contributed by atoms with Gasteiger partial charge in [-0.15, -0.1) is 0 Å². The Kier molecular flexibility index (Phi) is 5.21. The number of anilines is 1. The highest BCUT2D eigenvalue weighted by Gasteiger charge is 2.36. The van der Waals surface area contributed by atoms with Crippen LogP contribution in [0.25, 0.3) is 16.7 Å². The number of ether oxygens (including phenoxy) is 2. The fourth-order valence-corrected chi connectivity index (χ4v) is 4.69. The summed E-state index contributed by atoms with van der Waals surface area (Å²) in [5.74, 6) is 0.869. The van der Waals surface area contributed by atoms with Crippen LogP contribution in [0, 0.1) is 11.8 Å². The molecule has 0 radical (unpaired) electrons. The zero-order valence-electron chi connectivity index (χ0n) is 17.2. The normalized spacial score (nSPS) is 20.7. The van der Waals surface area contributed by atoms with E-state index in [0.717, 1.165) is 24.5 Å². The first kappa shape index (κ1) is 21.0. The molecule has 0 bridgehead atoms. The van der Waals surface area contributed by atoms with E-state index < -0.39 is 18.0 Å². The number of nitrogens with one attached hydrogen (secondary N) is 1. The number of rotatable bonds is 3. The van der Waals surface area contributed by atoms with Crippen LogP contribution in [0.15, 0.2) is 30.6 Å². The molecule has 2 aliphatic heterocycles. The summed E-state index contributed by atoms with van der Waals surface area (Å²) in [7, 11) is 0. The minimum Gasteiger partial charge on any atom is -0.493 e. The number of benzene rings is 1. The van der Waals surface area contributed by atoms with Crippen molar-refractivity contribution in [3.8, 4) is 11.4 Å². The molecule has 5 rings (SSSR count). The van der Waals surface area contributed by atoms with E-state index in [2.05, 4.69) is 9.97 Å². The van der Waals surface area contributed by atoms with E-state index in [0.29, 0.717) is 37.7 Å². The van der Waals surface area contributed by atoms with Crippen molar-refractivity contribution >= 4 is 16.9 Å². The molecule has 4 N–H and O–H groups in total. The first-order valence-corrected chi connectivity index (χ1v) is 10.6. The summed E-state index contributed by atoms with van der Waals surface area (Å²) < 4.78 is 52.3. The molecular weight excluding hydrogens is 425 g/mol. The van der Waals surface area contributed by atoms with Gasteiger partial charge in [0.2, 0.25) is 17.8 Å². The van der Waals surface area contributed by atoms with Crippen LogP contribution in [0.5, 0.6) is 5.75 Å². The number of aromatic amines is 1. The van der Waals surface area contributed by atoms with E-state index in [1.54, 1.807) is 10.6 Å². The van der Waals surface area contributed by atoms with Crippen LogP contribution in [0.1, 0.15) is 24.1 Å². The number of aromatic nitrogens is 3. The number of nitrogens with zero attached hydrogens (tertiary/aromatic N) is 2. The lowest BCUT2D eigenvalue weighted by Gasteiger charge is -2.35. The van der Waals surface area contributed by atoms with Gasteiger partial charge in [-0.05, 0) is 43.4 Å². The number of nitrogens with two attached hydrogens (primary N) is 1. The fourth-order valence-electron chi connectivity index (χ4n) is 4.69. The Balaban J connectivity index is 1.51. The Morgan fingerprint density at radius 1 is 1.22 bits per heavy atom. The quantitative estimate of drug-likeness (QED) is 0.535. The highest BCUT2D eigenvalue weighted by molar-refractivity contribution is 5.85. The fraction of sp³-hybridized carbons (Fsp3) is 0.455. The summed E-state index contributed by atoms with van der Waals surface area (Å²) in [6, 6.07) is 6.44. The molecule has 7 nitrogen and oxygen atoms in total. The van der Waals surface area contributed by atoms with E-state index in [-0.39, 0.29) is 28.7 Å². The van der Waals surface area contributed by atoms with Crippen molar-refractivity contribution in [2.75, 3.05) is 25.6 Å². The third kappa shape index (κ3) is 3.67. The molecule has 2 aromatic heterocycles. The Bertz CT molecular complexity index is 1140. The third-order valence-electron chi connectivity index (χ3n) is 6.46. The molecule has 1 saturated heterocycles. The van der Waals surface area contributed by atoms with E-state index in [4.69, 9.17) is 15.2 Å². The summed E-state index contributed by atoms with van der Waals surface area (Å²) in [4.78, 5) is 6.43. The molecule has 4 heterocycles. The van der Waals surface area contributed by atoms with Gasteiger partial charge in [0.05, 0.1) is 12.7 Å². The molecule has 3 aromatic rings.